The number of hydrogen-bond acceptors (Lipinski definition) is 2. The Bertz CT molecular complexity index is 493. The summed E-state index contributed by atoms with van der Waals surface area (Å²) in [5, 5.41) is 12.7. The third-order valence-corrected chi connectivity index (χ3v) is 2.34. The lowest BCUT2D eigenvalue weighted by Crippen LogP contribution is -1.96. The number of nitrogens with zero attached hydrogens (tertiary/aromatic N) is 3. The lowest BCUT2D eigenvalue weighted by atomic mass is 10.1. The minimum atomic E-state index is -0.995. The Labute approximate surface area is 103 Å². The maximum atomic E-state index is 10.8. The van der Waals surface area contributed by atoms with Crippen LogP contribution in [0.3, 0.4) is 0 Å². The van der Waals surface area contributed by atoms with Crippen LogP contribution in [-0.2, 0) is 0 Å². The molecule has 0 amide bonds. The van der Waals surface area contributed by atoms with Crippen LogP contribution in [0.2, 0.25) is 5.02 Å². The van der Waals surface area contributed by atoms with Crippen LogP contribution in [-0.4, -0.2) is 17.6 Å². The topological polar surface area (TPSA) is 86.1 Å². The van der Waals surface area contributed by atoms with Gasteiger partial charge in [0.25, 0.3) is 0 Å². The Kier molecular flexibility index (Phi) is 5.07. The van der Waals surface area contributed by atoms with Gasteiger partial charge in [0.1, 0.15) is 0 Å². The average molecular weight is 252 g/mol. The first-order valence-corrected chi connectivity index (χ1v) is 5.23. The van der Waals surface area contributed by atoms with Crippen LogP contribution < -0.4 is 0 Å². The standard InChI is InChI=1S/C11H10ClN3O2/c12-10-5-4-9(11(16)17)7-8(10)3-1-2-6-14-15-13/h1,3-5,7H,2,6H2,(H,16,17). The van der Waals surface area contributed by atoms with Gasteiger partial charge in [-0.15, -0.1) is 0 Å². The van der Waals surface area contributed by atoms with E-state index in [2.05, 4.69) is 10.0 Å². The van der Waals surface area contributed by atoms with Crippen molar-refractivity contribution in [2.75, 3.05) is 6.54 Å². The molecular weight excluding hydrogens is 242 g/mol. The van der Waals surface area contributed by atoms with Crippen LogP contribution in [0.4, 0.5) is 0 Å². The number of carboxylic acids is 1. The summed E-state index contributed by atoms with van der Waals surface area (Å²) in [4.78, 5) is 13.4. The van der Waals surface area contributed by atoms with E-state index in [0.29, 0.717) is 23.6 Å². The van der Waals surface area contributed by atoms with Crippen molar-refractivity contribution < 1.29 is 9.90 Å². The molecule has 0 aliphatic heterocycles. The van der Waals surface area contributed by atoms with Gasteiger partial charge in [-0.1, -0.05) is 28.9 Å². The second-order valence-corrected chi connectivity index (χ2v) is 3.59. The highest BCUT2D eigenvalue weighted by molar-refractivity contribution is 6.32. The Morgan fingerprint density at radius 1 is 1.59 bits per heavy atom. The molecule has 0 saturated carbocycles. The number of benzene rings is 1. The van der Waals surface area contributed by atoms with Gasteiger partial charge >= 0.3 is 5.97 Å². The van der Waals surface area contributed by atoms with E-state index in [0.717, 1.165) is 0 Å². The molecule has 0 atom stereocenters. The summed E-state index contributed by atoms with van der Waals surface area (Å²) in [5.41, 5.74) is 8.89. The van der Waals surface area contributed by atoms with Crippen molar-refractivity contribution in [3.63, 3.8) is 0 Å². The van der Waals surface area contributed by atoms with E-state index in [4.69, 9.17) is 22.2 Å². The van der Waals surface area contributed by atoms with Crippen LogP contribution >= 0.6 is 11.6 Å². The number of aromatic carboxylic acids is 1. The highest BCUT2D eigenvalue weighted by Crippen LogP contribution is 2.19. The van der Waals surface area contributed by atoms with E-state index in [1.165, 1.54) is 18.2 Å². The molecule has 1 aromatic carbocycles. The summed E-state index contributed by atoms with van der Waals surface area (Å²) in [6.45, 7) is 0.364. The van der Waals surface area contributed by atoms with Crippen molar-refractivity contribution in [2.24, 2.45) is 5.11 Å². The first kappa shape index (κ1) is 13.1. The number of carboxylic acid groups (broad SMARTS) is 1. The molecule has 0 heterocycles. The molecule has 0 saturated heterocycles. The lowest BCUT2D eigenvalue weighted by molar-refractivity contribution is 0.0697. The van der Waals surface area contributed by atoms with Gasteiger partial charge in [-0.3, -0.25) is 0 Å². The minimum absolute atomic E-state index is 0.184. The molecule has 1 rings (SSSR count). The van der Waals surface area contributed by atoms with Gasteiger partial charge in [0.05, 0.1) is 5.56 Å². The zero-order valence-corrected chi connectivity index (χ0v) is 9.63. The highest BCUT2D eigenvalue weighted by Gasteiger charge is 2.04. The molecule has 0 bridgehead atoms. The van der Waals surface area contributed by atoms with Crippen molar-refractivity contribution >= 4 is 23.6 Å². The van der Waals surface area contributed by atoms with E-state index in [-0.39, 0.29) is 5.56 Å². The van der Waals surface area contributed by atoms with Crippen LogP contribution in [0.5, 0.6) is 0 Å². The van der Waals surface area contributed by atoms with Gasteiger partial charge in [0.2, 0.25) is 0 Å². The molecule has 88 valence electrons. The largest absolute Gasteiger partial charge is 0.478 e. The fourth-order valence-corrected chi connectivity index (χ4v) is 1.37. The Morgan fingerprint density at radius 2 is 2.35 bits per heavy atom. The average Bonchev–Trinajstić information content (AvgIpc) is 2.30. The smallest absolute Gasteiger partial charge is 0.335 e. The number of hydrogen-bond donors (Lipinski definition) is 1. The van der Waals surface area contributed by atoms with Gasteiger partial charge in [0.15, 0.2) is 0 Å². The van der Waals surface area contributed by atoms with Gasteiger partial charge < -0.3 is 5.11 Å². The van der Waals surface area contributed by atoms with E-state index in [9.17, 15) is 4.79 Å². The fourth-order valence-electron chi connectivity index (χ4n) is 1.19. The second kappa shape index (κ2) is 6.58. The first-order valence-electron chi connectivity index (χ1n) is 4.85. The van der Waals surface area contributed by atoms with Gasteiger partial charge in [-0.05, 0) is 35.7 Å². The predicted molar refractivity (Wildman–Crippen MR) is 66.1 cm³/mol. The Balaban J connectivity index is 2.78. The van der Waals surface area contributed by atoms with Gasteiger partial charge in [0, 0.05) is 16.5 Å². The van der Waals surface area contributed by atoms with Crippen molar-refractivity contribution in [3.05, 3.63) is 50.9 Å². The molecule has 0 aliphatic carbocycles. The molecule has 1 N–H and O–H groups in total. The zero-order chi connectivity index (χ0) is 12.7. The zero-order valence-electron chi connectivity index (χ0n) is 8.88. The summed E-state index contributed by atoms with van der Waals surface area (Å²) in [6, 6.07) is 4.48. The lowest BCUT2D eigenvalue weighted by Gasteiger charge is -2.00. The van der Waals surface area contributed by atoms with Crippen molar-refractivity contribution in [1.82, 2.24) is 0 Å². The molecule has 0 aliphatic rings. The van der Waals surface area contributed by atoms with Gasteiger partial charge in [-0.2, -0.15) is 0 Å². The first-order chi connectivity index (χ1) is 8.15. The second-order valence-electron chi connectivity index (χ2n) is 3.19. The molecule has 17 heavy (non-hydrogen) atoms. The number of halogens is 1. The molecular formula is C11H10ClN3O2. The van der Waals surface area contributed by atoms with Crippen LogP contribution in [0.1, 0.15) is 22.3 Å². The van der Waals surface area contributed by atoms with Crippen LogP contribution in [0.15, 0.2) is 29.4 Å². The maximum Gasteiger partial charge on any atom is 0.335 e. The molecule has 0 unspecified atom stereocenters. The number of rotatable bonds is 5. The molecule has 6 heteroatoms. The van der Waals surface area contributed by atoms with E-state index in [1.54, 1.807) is 12.2 Å². The monoisotopic (exact) mass is 251 g/mol. The molecule has 5 nitrogen and oxygen atoms in total. The predicted octanol–water partition coefficient (Wildman–Crippen LogP) is 3.75. The quantitative estimate of drug-likeness (QED) is 0.374. The normalized spacial score (nSPS) is 10.2. The van der Waals surface area contributed by atoms with Crippen molar-refractivity contribution in [1.29, 1.82) is 0 Å². The Hall–Kier alpha value is -1.97. The molecule has 0 fully saturated rings. The van der Waals surface area contributed by atoms with Crippen LogP contribution in [0, 0.1) is 0 Å². The van der Waals surface area contributed by atoms with Crippen molar-refractivity contribution in [2.45, 2.75) is 6.42 Å². The van der Waals surface area contributed by atoms with E-state index < -0.39 is 5.97 Å². The van der Waals surface area contributed by atoms with Crippen molar-refractivity contribution in [3.8, 4) is 0 Å². The summed E-state index contributed by atoms with van der Waals surface area (Å²) < 4.78 is 0. The summed E-state index contributed by atoms with van der Waals surface area (Å²) >= 11 is 5.91. The minimum Gasteiger partial charge on any atom is -0.478 e. The SMILES string of the molecule is [N-]=[N+]=NCCC=Cc1cc(C(=O)O)ccc1Cl. The molecule has 0 spiro atoms. The highest BCUT2D eigenvalue weighted by atomic mass is 35.5. The number of azide groups is 1. The summed E-state index contributed by atoms with van der Waals surface area (Å²) in [6.07, 6.45) is 4.07. The summed E-state index contributed by atoms with van der Waals surface area (Å²) in [7, 11) is 0. The molecule has 0 radical (unpaired) electrons. The third kappa shape index (κ3) is 4.18. The van der Waals surface area contributed by atoms with Crippen LogP contribution in [0.25, 0.3) is 16.5 Å². The maximum absolute atomic E-state index is 10.8. The molecule has 0 aromatic heterocycles. The number of carbonyl (C=O) groups is 1. The molecule has 1 aromatic rings. The van der Waals surface area contributed by atoms with Gasteiger partial charge in [-0.25, -0.2) is 4.79 Å². The third-order valence-electron chi connectivity index (χ3n) is 2.00. The summed E-state index contributed by atoms with van der Waals surface area (Å²) in [5.74, 6) is -0.995. The van der Waals surface area contributed by atoms with E-state index >= 15 is 0 Å². The fraction of sp³-hybridized carbons (Fsp3) is 0.182. The Morgan fingerprint density at radius 3 is 3.00 bits per heavy atom. The van der Waals surface area contributed by atoms with E-state index in [1.807, 2.05) is 0 Å².